The monoisotopic (exact) mass is 626 g/mol. The van der Waals surface area contributed by atoms with Gasteiger partial charge in [-0.15, -0.1) is 0 Å². The maximum absolute atomic E-state index is 13.4. The zero-order chi connectivity index (χ0) is 33.1. The third-order valence-electron chi connectivity index (χ3n) is 9.04. The van der Waals surface area contributed by atoms with E-state index in [9.17, 15) is 39.6 Å². The van der Waals surface area contributed by atoms with Crippen molar-refractivity contribution in [3.05, 3.63) is 69.8 Å². The molecular formula is C36H38N2O8. The molecule has 0 saturated carbocycles. The number of hydrogen-bond acceptors (Lipinski definition) is 6. The maximum Gasteiger partial charge on any atom is 0.336 e. The Labute approximate surface area is 264 Å². The number of fused-ring (bicyclic) bond motifs is 2. The quantitative estimate of drug-likeness (QED) is 0.0466. The Hall–Kier alpha value is -4.80. The van der Waals surface area contributed by atoms with Crippen LogP contribution in [0.1, 0.15) is 104 Å². The molecule has 8 N–H and O–H groups in total. The number of carbonyl (C=O) groups excluding carboxylic acids is 2. The van der Waals surface area contributed by atoms with Gasteiger partial charge in [-0.05, 0) is 100 Å². The van der Waals surface area contributed by atoms with Gasteiger partial charge < -0.3 is 31.9 Å². The Morgan fingerprint density at radius 3 is 1.46 bits per heavy atom. The first-order chi connectivity index (χ1) is 22.1. The number of aliphatic hydroxyl groups is 2. The molecule has 0 spiro atoms. The van der Waals surface area contributed by atoms with E-state index in [0.29, 0.717) is 75.4 Å². The second-order valence-corrected chi connectivity index (χ2v) is 11.8. The number of unbranched alkanes of at least 4 members (excludes halogenated alkanes) is 6. The lowest BCUT2D eigenvalue weighted by atomic mass is 9.78. The molecule has 5 aromatic rings. The molecule has 5 rings (SSSR count). The number of benzene rings is 5. The van der Waals surface area contributed by atoms with Crippen LogP contribution in [0, 0.1) is 0 Å². The van der Waals surface area contributed by atoms with Gasteiger partial charge in [-0.3, -0.25) is 9.59 Å². The van der Waals surface area contributed by atoms with Gasteiger partial charge in [-0.25, -0.2) is 9.59 Å². The van der Waals surface area contributed by atoms with Gasteiger partial charge in [0, 0.05) is 29.5 Å². The predicted molar refractivity (Wildman–Crippen MR) is 177 cm³/mol. The molecule has 2 amide bonds. The van der Waals surface area contributed by atoms with Gasteiger partial charge in [0.25, 0.3) is 0 Å². The highest BCUT2D eigenvalue weighted by atomic mass is 16.4. The predicted octanol–water partition coefficient (Wildman–Crippen LogP) is 5.52. The highest BCUT2D eigenvalue weighted by Crippen LogP contribution is 2.47. The van der Waals surface area contributed by atoms with Crippen molar-refractivity contribution < 1.29 is 39.6 Å². The second-order valence-electron chi connectivity index (χ2n) is 11.8. The Kier molecular flexibility index (Phi) is 9.69. The van der Waals surface area contributed by atoms with E-state index in [2.05, 4.69) is 0 Å². The SMILES string of the molecule is NC(=O)c1ccc2c3ccc(C(=O)O)c4c(C(=O)O)ccc(c5c(CCCCCCO)c(CCCCCCO)c(C(N)=O)c1c25)c43. The lowest BCUT2D eigenvalue weighted by Gasteiger charge is -2.25. The summed E-state index contributed by atoms with van der Waals surface area (Å²) in [7, 11) is 0. The van der Waals surface area contributed by atoms with Crippen LogP contribution in [0.25, 0.3) is 43.1 Å². The van der Waals surface area contributed by atoms with Crippen molar-refractivity contribution in [2.45, 2.75) is 64.2 Å². The fourth-order valence-electron chi connectivity index (χ4n) is 7.10. The largest absolute Gasteiger partial charge is 0.478 e. The molecule has 240 valence electrons. The molecule has 0 unspecified atom stereocenters. The van der Waals surface area contributed by atoms with Crippen LogP contribution in [-0.4, -0.2) is 57.4 Å². The molecule has 0 heterocycles. The zero-order valence-corrected chi connectivity index (χ0v) is 25.5. The van der Waals surface area contributed by atoms with Gasteiger partial charge in [0.2, 0.25) is 11.8 Å². The normalized spacial score (nSPS) is 11.7. The van der Waals surface area contributed by atoms with Crippen molar-refractivity contribution in [3.63, 3.8) is 0 Å². The molecule has 0 aromatic heterocycles. The van der Waals surface area contributed by atoms with Crippen molar-refractivity contribution in [1.29, 1.82) is 0 Å². The number of carbonyl (C=O) groups is 4. The summed E-state index contributed by atoms with van der Waals surface area (Å²) in [6.07, 6.45) is 6.88. The fourth-order valence-corrected chi connectivity index (χ4v) is 7.10. The van der Waals surface area contributed by atoms with E-state index < -0.39 is 23.8 Å². The molecular weight excluding hydrogens is 588 g/mol. The summed E-state index contributed by atoms with van der Waals surface area (Å²) in [5.41, 5.74) is 13.6. The second kappa shape index (κ2) is 13.7. The summed E-state index contributed by atoms with van der Waals surface area (Å²) in [6.45, 7) is 0.165. The Morgan fingerprint density at radius 2 is 0.957 bits per heavy atom. The number of amides is 2. The fraction of sp³-hybridized carbons (Fsp3) is 0.333. The smallest absolute Gasteiger partial charge is 0.336 e. The van der Waals surface area contributed by atoms with Gasteiger partial charge in [0.15, 0.2) is 0 Å². The summed E-state index contributed by atoms with van der Waals surface area (Å²) in [4.78, 5) is 51.1. The Bertz CT molecular complexity index is 1980. The standard InChI is InChI=1S/C36H38N2O8/c37-33(41)24-14-11-22-21-12-15-25(35(43)44)29-26(36(45)46)16-13-23(27(21)29)28-19(9-5-1-3-7-17-39)20(10-6-2-4-8-18-40)32(34(38)42)31(24)30(22)28/h11-16,39-40H,1-10,17-18H2,(H2,37,41)(H2,38,42)(H,43,44)(H,45,46). The zero-order valence-electron chi connectivity index (χ0n) is 25.5. The summed E-state index contributed by atoms with van der Waals surface area (Å²) in [5.74, 6) is -3.95. The van der Waals surface area contributed by atoms with E-state index in [1.54, 1.807) is 24.3 Å². The molecule has 46 heavy (non-hydrogen) atoms. The molecule has 0 fully saturated rings. The molecule has 5 aromatic carbocycles. The number of carboxylic acids is 2. The first-order valence-corrected chi connectivity index (χ1v) is 15.7. The van der Waals surface area contributed by atoms with Gasteiger partial charge >= 0.3 is 11.9 Å². The summed E-state index contributed by atoms with van der Waals surface area (Å²) >= 11 is 0. The van der Waals surface area contributed by atoms with Crippen LogP contribution < -0.4 is 11.5 Å². The van der Waals surface area contributed by atoms with Crippen molar-refractivity contribution >= 4 is 66.8 Å². The molecule has 0 aliphatic rings. The molecule has 0 saturated heterocycles. The number of primary amides is 2. The summed E-state index contributed by atoms with van der Waals surface area (Å²) in [6, 6.07) is 9.36. The Morgan fingerprint density at radius 1 is 0.478 bits per heavy atom. The van der Waals surface area contributed by atoms with Gasteiger partial charge in [-0.2, -0.15) is 0 Å². The molecule has 10 heteroatoms. The number of nitrogens with two attached hydrogens (primary N) is 2. The number of rotatable bonds is 16. The Balaban J connectivity index is 2.00. The van der Waals surface area contributed by atoms with Crippen molar-refractivity contribution in [3.8, 4) is 0 Å². The van der Waals surface area contributed by atoms with E-state index in [1.807, 2.05) is 0 Å². The number of aryl methyl sites for hydroxylation is 1. The molecule has 0 aliphatic heterocycles. The van der Waals surface area contributed by atoms with Crippen LogP contribution in [0.2, 0.25) is 0 Å². The van der Waals surface area contributed by atoms with Crippen molar-refractivity contribution in [2.24, 2.45) is 11.5 Å². The van der Waals surface area contributed by atoms with Gasteiger partial charge in [0.1, 0.15) is 0 Å². The minimum atomic E-state index is -1.26. The van der Waals surface area contributed by atoms with E-state index >= 15 is 0 Å². The molecule has 0 radical (unpaired) electrons. The lowest BCUT2D eigenvalue weighted by molar-refractivity contribution is 0.0695. The van der Waals surface area contributed by atoms with Gasteiger partial charge in [-0.1, -0.05) is 43.9 Å². The highest BCUT2D eigenvalue weighted by Gasteiger charge is 2.29. The van der Waals surface area contributed by atoms with E-state index in [0.717, 1.165) is 37.7 Å². The van der Waals surface area contributed by atoms with Crippen LogP contribution in [0.15, 0.2) is 36.4 Å². The third-order valence-corrected chi connectivity index (χ3v) is 9.04. The topological polar surface area (TPSA) is 201 Å². The number of hydrogen-bond donors (Lipinski definition) is 6. The summed E-state index contributed by atoms with van der Waals surface area (Å²) in [5, 5.41) is 42.8. The van der Waals surface area contributed by atoms with Crippen LogP contribution in [0.5, 0.6) is 0 Å². The first-order valence-electron chi connectivity index (χ1n) is 15.7. The van der Waals surface area contributed by atoms with Crippen LogP contribution >= 0.6 is 0 Å². The summed E-state index contributed by atoms with van der Waals surface area (Å²) < 4.78 is 0. The van der Waals surface area contributed by atoms with Gasteiger partial charge in [0.05, 0.1) is 16.7 Å². The number of aromatic carboxylic acids is 2. The average molecular weight is 627 g/mol. The molecule has 0 atom stereocenters. The van der Waals surface area contributed by atoms with E-state index in [4.69, 9.17) is 11.5 Å². The van der Waals surface area contributed by atoms with Crippen LogP contribution in [0.3, 0.4) is 0 Å². The minimum Gasteiger partial charge on any atom is -0.478 e. The maximum atomic E-state index is 13.4. The lowest BCUT2D eigenvalue weighted by Crippen LogP contribution is -2.20. The first kappa shape index (κ1) is 32.6. The highest BCUT2D eigenvalue weighted by molar-refractivity contribution is 6.39. The average Bonchev–Trinajstić information content (AvgIpc) is 3.02. The number of carboxylic acid groups (broad SMARTS) is 2. The van der Waals surface area contributed by atoms with E-state index in [1.165, 1.54) is 12.1 Å². The molecule has 0 aliphatic carbocycles. The van der Waals surface area contributed by atoms with Crippen molar-refractivity contribution in [2.75, 3.05) is 13.2 Å². The molecule has 0 bridgehead atoms. The van der Waals surface area contributed by atoms with Crippen molar-refractivity contribution in [1.82, 2.24) is 0 Å². The van der Waals surface area contributed by atoms with Crippen LogP contribution in [0.4, 0.5) is 0 Å². The minimum absolute atomic E-state index is 0.0799. The third kappa shape index (κ3) is 5.70. The molecule has 10 nitrogen and oxygen atoms in total. The number of aliphatic hydroxyl groups excluding tert-OH is 2. The van der Waals surface area contributed by atoms with Crippen LogP contribution in [-0.2, 0) is 12.8 Å². The van der Waals surface area contributed by atoms with E-state index in [-0.39, 0.29) is 40.9 Å².